The van der Waals surface area contributed by atoms with E-state index in [1.807, 2.05) is 0 Å². The van der Waals surface area contributed by atoms with E-state index in [4.69, 9.17) is 14.2 Å². The second kappa shape index (κ2) is 9.70. The minimum absolute atomic E-state index is 0.133. The van der Waals surface area contributed by atoms with E-state index in [1.165, 1.54) is 36.1 Å². The molecule has 1 amide bonds. The Morgan fingerprint density at radius 1 is 1.12 bits per heavy atom. The van der Waals surface area contributed by atoms with Gasteiger partial charge >= 0.3 is 12.0 Å². The Morgan fingerprint density at radius 3 is 2.41 bits per heavy atom. The number of amides is 1. The van der Waals surface area contributed by atoms with Crippen molar-refractivity contribution in [2.45, 2.75) is 17.9 Å². The maximum Gasteiger partial charge on any atom is 0.328 e. The standard InChI is InChI=1S/C19H22N6O6S/c1-12(11-29-3)30-18-21-16(17(26)20-15-9-10-25(2)24-15)22-19(23-18)31-13-5-7-14(8-6-13)32(4,27)28/h5-10,12H,11H2,1-4H3,(H,20,24,26). The van der Waals surface area contributed by atoms with Crippen molar-refractivity contribution in [3.63, 3.8) is 0 Å². The molecule has 1 unspecified atom stereocenters. The highest BCUT2D eigenvalue weighted by Crippen LogP contribution is 2.22. The smallest absolute Gasteiger partial charge is 0.328 e. The van der Waals surface area contributed by atoms with Gasteiger partial charge in [-0.15, -0.1) is 4.98 Å². The molecule has 1 atom stereocenters. The fraction of sp³-hybridized carbons (Fsp3) is 0.316. The van der Waals surface area contributed by atoms with Crippen LogP contribution in [0.4, 0.5) is 5.82 Å². The van der Waals surface area contributed by atoms with Crippen molar-refractivity contribution in [2.24, 2.45) is 7.05 Å². The zero-order valence-electron chi connectivity index (χ0n) is 17.8. The Labute approximate surface area is 184 Å². The predicted octanol–water partition coefficient (Wildman–Crippen LogP) is 1.47. The number of benzene rings is 1. The largest absolute Gasteiger partial charge is 0.458 e. The molecule has 1 aromatic carbocycles. The number of aryl methyl sites for hydroxylation is 1. The summed E-state index contributed by atoms with van der Waals surface area (Å²) in [7, 11) is -0.121. The van der Waals surface area contributed by atoms with Gasteiger partial charge in [0.2, 0.25) is 5.82 Å². The van der Waals surface area contributed by atoms with Crippen molar-refractivity contribution in [2.75, 3.05) is 25.3 Å². The molecule has 0 aliphatic rings. The molecule has 0 aliphatic carbocycles. The van der Waals surface area contributed by atoms with E-state index in [0.717, 1.165) is 6.26 Å². The second-order valence-corrected chi connectivity index (χ2v) is 8.80. The van der Waals surface area contributed by atoms with Crippen LogP contribution in [0.2, 0.25) is 0 Å². The Hall–Kier alpha value is -3.58. The number of methoxy groups -OCH3 is 1. The van der Waals surface area contributed by atoms with E-state index in [9.17, 15) is 13.2 Å². The van der Waals surface area contributed by atoms with Crippen LogP contribution in [0.3, 0.4) is 0 Å². The first-order valence-electron chi connectivity index (χ1n) is 9.34. The maximum absolute atomic E-state index is 12.6. The maximum atomic E-state index is 12.6. The van der Waals surface area contributed by atoms with Crippen LogP contribution in [-0.2, 0) is 21.6 Å². The van der Waals surface area contributed by atoms with Gasteiger partial charge in [0, 0.05) is 32.7 Å². The molecule has 170 valence electrons. The van der Waals surface area contributed by atoms with Crippen molar-refractivity contribution in [1.29, 1.82) is 0 Å². The molecule has 0 saturated heterocycles. The van der Waals surface area contributed by atoms with Crippen LogP contribution < -0.4 is 14.8 Å². The number of ether oxygens (including phenoxy) is 3. The lowest BCUT2D eigenvalue weighted by atomic mass is 10.3. The van der Waals surface area contributed by atoms with Crippen molar-refractivity contribution in [1.82, 2.24) is 24.7 Å². The van der Waals surface area contributed by atoms with Gasteiger partial charge in [-0.3, -0.25) is 9.48 Å². The number of carbonyl (C=O) groups excluding carboxylic acids is 1. The highest BCUT2D eigenvalue weighted by atomic mass is 32.2. The van der Waals surface area contributed by atoms with Crippen molar-refractivity contribution in [3.05, 3.63) is 42.4 Å². The molecule has 0 spiro atoms. The van der Waals surface area contributed by atoms with E-state index in [-0.39, 0.29) is 35.1 Å². The summed E-state index contributed by atoms with van der Waals surface area (Å²) >= 11 is 0. The van der Waals surface area contributed by atoms with Crippen LogP contribution in [0, 0.1) is 0 Å². The highest BCUT2D eigenvalue weighted by molar-refractivity contribution is 7.90. The number of carbonyl (C=O) groups is 1. The average molecular weight is 462 g/mol. The number of aromatic nitrogens is 5. The van der Waals surface area contributed by atoms with E-state index >= 15 is 0 Å². The summed E-state index contributed by atoms with van der Waals surface area (Å²) in [6.45, 7) is 2.01. The van der Waals surface area contributed by atoms with Crippen molar-refractivity contribution >= 4 is 21.6 Å². The summed E-state index contributed by atoms with van der Waals surface area (Å²) in [5, 5.41) is 6.65. The monoisotopic (exact) mass is 462 g/mol. The molecule has 32 heavy (non-hydrogen) atoms. The van der Waals surface area contributed by atoms with Gasteiger partial charge in [-0.2, -0.15) is 15.1 Å². The average Bonchev–Trinajstić information content (AvgIpc) is 3.12. The van der Waals surface area contributed by atoms with Gasteiger partial charge in [0.25, 0.3) is 5.91 Å². The molecule has 12 nitrogen and oxygen atoms in total. The van der Waals surface area contributed by atoms with Crippen LogP contribution in [0.25, 0.3) is 0 Å². The zero-order valence-corrected chi connectivity index (χ0v) is 18.7. The number of sulfone groups is 1. The number of hydrogen-bond acceptors (Lipinski definition) is 10. The molecular formula is C19H22N6O6S. The third-order valence-corrected chi connectivity index (χ3v) is 5.05. The Bertz CT molecular complexity index is 1200. The lowest BCUT2D eigenvalue weighted by Crippen LogP contribution is -2.22. The first kappa shape index (κ1) is 23.1. The predicted molar refractivity (Wildman–Crippen MR) is 113 cm³/mol. The Kier molecular flexibility index (Phi) is 7.00. The molecule has 13 heteroatoms. The van der Waals surface area contributed by atoms with Crippen molar-refractivity contribution in [3.8, 4) is 17.8 Å². The fourth-order valence-corrected chi connectivity index (χ4v) is 3.13. The van der Waals surface area contributed by atoms with Gasteiger partial charge in [-0.1, -0.05) is 0 Å². The molecule has 0 saturated carbocycles. The topological polar surface area (TPSA) is 147 Å². The first-order valence-corrected chi connectivity index (χ1v) is 11.2. The van der Waals surface area contributed by atoms with Crippen LogP contribution in [-0.4, -0.2) is 65.1 Å². The SMILES string of the molecule is COCC(C)Oc1nc(Oc2ccc(S(C)(=O)=O)cc2)nc(C(=O)Nc2ccn(C)n2)n1. The quantitative estimate of drug-likeness (QED) is 0.495. The number of anilines is 1. The van der Waals surface area contributed by atoms with E-state index in [2.05, 4.69) is 25.4 Å². The summed E-state index contributed by atoms with van der Waals surface area (Å²) < 4.78 is 41.0. The van der Waals surface area contributed by atoms with Gasteiger partial charge < -0.3 is 19.5 Å². The lowest BCUT2D eigenvalue weighted by Gasteiger charge is -2.13. The highest BCUT2D eigenvalue weighted by Gasteiger charge is 2.19. The third-order valence-electron chi connectivity index (χ3n) is 3.92. The zero-order chi connectivity index (χ0) is 23.3. The molecule has 2 aromatic heterocycles. The minimum atomic E-state index is -3.35. The molecule has 2 heterocycles. The van der Waals surface area contributed by atoms with Gasteiger partial charge in [0.1, 0.15) is 11.9 Å². The van der Waals surface area contributed by atoms with Crippen LogP contribution in [0.15, 0.2) is 41.4 Å². The van der Waals surface area contributed by atoms with E-state index in [0.29, 0.717) is 5.82 Å². The molecule has 0 aliphatic heterocycles. The number of hydrogen-bond donors (Lipinski definition) is 1. The Balaban J connectivity index is 1.87. The van der Waals surface area contributed by atoms with Gasteiger partial charge in [-0.05, 0) is 31.2 Å². The summed E-state index contributed by atoms with van der Waals surface area (Å²) in [5.74, 6) is -0.330. The summed E-state index contributed by atoms with van der Waals surface area (Å²) in [4.78, 5) is 24.9. The molecule has 0 bridgehead atoms. The second-order valence-electron chi connectivity index (χ2n) is 6.78. The van der Waals surface area contributed by atoms with Gasteiger partial charge in [0.15, 0.2) is 15.7 Å². The molecule has 1 N–H and O–H groups in total. The molecule has 3 rings (SSSR count). The van der Waals surface area contributed by atoms with Crippen LogP contribution >= 0.6 is 0 Å². The number of nitrogens with one attached hydrogen (secondary N) is 1. The Morgan fingerprint density at radius 2 is 1.81 bits per heavy atom. The number of nitrogens with zero attached hydrogens (tertiary/aromatic N) is 5. The minimum Gasteiger partial charge on any atom is -0.458 e. The van der Waals surface area contributed by atoms with Gasteiger partial charge in [-0.25, -0.2) is 8.42 Å². The molecule has 3 aromatic rings. The molecule has 0 radical (unpaired) electrons. The molecular weight excluding hydrogens is 440 g/mol. The van der Waals surface area contributed by atoms with Crippen LogP contribution in [0.5, 0.6) is 17.8 Å². The number of rotatable bonds is 9. The normalized spacial score (nSPS) is 12.2. The van der Waals surface area contributed by atoms with Gasteiger partial charge in [0.05, 0.1) is 11.5 Å². The van der Waals surface area contributed by atoms with Crippen LogP contribution in [0.1, 0.15) is 17.5 Å². The lowest BCUT2D eigenvalue weighted by molar-refractivity contribution is 0.0838. The summed E-state index contributed by atoms with van der Waals surface area (Å²) in [6.07, 6.45) is 2.36. The third kappa shape index (κ3) is 6.21. The van der Waals surface area contributed by atoms with E-state index in [1.54, 1.807) is 26.2 Å². The first-order chi connectivity index (χ1) is 15.1. The summed E-state index contributed by atoms with van der Waals surface area (Å²) in [6, 6.07) is 6.93. The summed E-state index contributed by atoms with van der Waals surface area (Å²) in [5.41, 5.74) is 0. The van der Waals surface area contributed by atoms with Crippen molar-refractivity contribution < 1.29 is 27.4 Å². The van der Waals surface area contributed by atoms with E-state index < -0.39 is 21.8 Å². The molecule has 0 fully saturated rings. The fourth-order valence-electron chi connectivity index (χ4n) is 2.50.